The molecule has 0 bridgehead atoms. The molecule has 1 rings (SSSR count). The van der Waals surface area contributed by atoms with Crippen LogP contribution in [-0.4, -0.2) is 33.2 Å². The van der Waals surface area contributed by atoms with Crippen LogP contribution in [0.2, 0.25) is 0 Å². The van der Waals surface area contributed by atoms with Crippen molar-refractivity contribution in [3.63, 3.8) is 0 Å². The van der Waals surface area contributed by atoms with Crippen molar-refractivity contribution in [3.8, 4) is 0 Å². The molecule has 1 aromatic rings. The van der Waals surface area contributed by atoms with E-state index in [2.05, 4.69) is 10.6 Å². The van der Waals surface area contributed by atoms with Gasteiger partial charge >= 0.3 is 0 Å². The van der Waals surface area contributed by atoms with E-state index >= 15 is 0 Å². The van der Waals surface area contributed by atoms with Crippen LogP contribution in [0, 0.1) is 0 Å². The fourth-order valence-corrected chi connectivity index (χ4v) is 3.22. The molecule has 0 heterocycles. The number of sulfone groups is 1. The normalized spacial score (nSPS) is 11.1. The second kappa shape index (κ2) is 7.13. The average molecular weight is 284 g/mol. The molecular weight excluding hydrogens is 264 g/mol. The van der Waals surface area contributed by atoms with Gasteiger partial charge < -0.3 is 10.6 Å². The SMILES string of the molecule is CCCS(=O)(=O)c1ccccc1NCCNC(C)=O. The molecular formula is C13H20N2O3S. The summed E-state index contributed by atoms with van der Waals surface area (Å²) in [5, 5.41) is 5.69. The Kier molecular flexibility index (Phi) is 5.82. The zero-order chi connectivity index (χ0) is 14.3. The van der Waals surface area contributed by atoms with E-state index in [-0.39, 0.29) is 11.7 Å². The topological polar surface area (TPSA) is 75.3 Å². The van der Waals surface area contributed by atoms with Gasteiger partial charge in [-0.15, -0.1) is 0 Å². The third-order valence-electron chi connectivity index (χ3n) is 2.51. The first-order valence-electron chi connectivity index (χ1n) is 6.27. The standard InChI is InChI=1S/C13H20N2O3S/c1-3-10-19(17,18)13-7-5-4-6-12(13)15-9-8-14-11(2)16/h4-7,15H,3,8-10H2,1-2H3,(H,14,16). The summed E-state index contributed by atoms with van der Waals surface area (Å²) in [5.41, 5.74) is 0.585. The van der Waals surface area contributed by atoms with E-state index in [0.29, 0.717) is 30.1 Å². The monoisotopic (exact) mass is 284 g/mol. The Morgan fingerprint density at radius 3 is 2.53 bits per heavy atom. The molecule has 6 heteroatoms. The minimum atomic E-state index is -3.24. The van der Waals surface area contributed by atoms with Crippen LogP contribution in [0.15, 0.2) is 29.2 Å². The average Bonchev–Trinajstić information content (AvgIpc) is 2.35. The van der Waals surface area contributed by atoms with E-state index in [4.69, 9.17) is 0 Å². The Morgan fingerprint density at radius 1 is 1.21 bits per heavy atom. The Labute approximate surface area is 114 Å². The summed E-state index contributed by atoms with van der Waals surface area (Å²) in [4.78, 5) is 11.1. The van der Waals surface area contributed by atoms with Crippen LogP contribution in [0.4, 0.5) is 5.69 Å². The maximum Gasteiger partial charge on any atom is 0.216 e. The lowest BCUT2D eigenvalue weighted by Gasteiger charge is -2.12. The van der Waals surface area contributed by atoms with Crippen LogP contribution in [-0.2, 0) is 14.6 Å². The van der Waals surface area contributed by atoms with Gasteiger partial charge in [0, 0.05) is 20.0 Å². The van der Waals surface area contributed by atoms with Crippen molar-refractivity contribution in [2.75, 3.05) is 24.2 Å². The van der Waals surface area contributed by atoms with E-state index in [1.54, 1.807) is 24.3 Å². The van der Waals surface area contributed by atoms with E-state index in [0.717, 1.165) is 0 Å². The van der Waals surface area contributed by atoms with Gasteiger partial charge in [0.1, 0.15) is 0 Å². The van der Waals surface area contributed by atoms with Crippen LogP contribution < -0.4 is 10.6 Å². The second-order valence-electron chi connectivity index (χ2n) is 4.22. The lowest BCUT2D eigenvalue weighted by Crippen LogP contribution is -2.26. The molecule has 0 aliphatic carbocycles. The van der Waals surface area contributed by atoms with E-state index in [9.17, 15) is 13.2 Å². The molecule has 19 heavy (non-hydrogen) atoms. The number of amides is 1. The van der Waals surface area contributed by atoms with Crippen molar-refractivity contribution in [1.82, 2.24) is 5.32 Å². The Bertz CT molecular complexity index is 526. The van der Waals surface area contributed by atoms with Gasteiger partial charge in [0.2, 0.25) is 5.91 Å². The molecule has 0 atom stereocenters. The summed E-state index contributed by atoms with van der Waals surface area (Å²) in [5.74, 6) is 0.0332. The van der Waals surface area contributed by atoms with E-state index < -0.39 is 9.84 Å². The van der Waals surface area contributed by atoms with Gasteiger partial charge in [-0.2, -0.15) is 0 Å². The first-order valence-corrected chi connectivity index (χ1v) is 7.92. The van der Waals surface area contributed by atoms with Crippen LogP contribution in [0.5, 0.6) is 0 Å². The zero-order valence-electron chi connectivity index (χ0n) is 11.3. The third kappa shape index (κ3) is 4.90. The van der Waals surface area contributed by atoms with Gasteiger partial charge in [0.15, 0.2) is 9.84 Å². The van der Waals surface area contributed by atoms with Crippen molar-refractivity contribution >= 4 is 21.4 Å². The highest BCUT2D eigenvalue weighted by molar-refractivity contribution is 7.91. The number of hydrogen-bond donors (Lipinski definition) is 2. The predicted molar refractivity (Wildman–Crippen MR) is 76.0 cm³/mol. The van der Waals surface area contributed by atoms with Gasteiger partial charge in [-0.05, 0) is 18.6 Å². The molecule has 0 fully saturated rings. The van der Waals surface area contributed by atoms with Crippen LogP contribution in [0.25, 0.3) is 0 Å². The molecule has 0 aliphatic rings. The zero-order valence-corrected chi connectivity index (χ0v) is 12.1. The maximum atomic E-state index is 12.1. The quantitative estimate of drug-likeness (QED) is 0.743. The highest BCUT2D eigenvalue weighted by atomic mass is 32.2. The number of hydrogen-bond acceptors (Lipinski definition) is 4. The first kappa shape index (κ1) is 15.5. The minimum Gasteiger partial charge on any atom is -0.382 e. The van der Waals surface area contributed by atoms with Crippen molar-refractivity contribution in [2.24, 2.45) is 0 Å². The number of rotatable bonds is 7. The Balaban J connectivity index is 2.76. The maximum absolute atomic E-state index is 12.1. The summed E-state index contributed by atoms with van der Waals surface area (Å²) in [7, 11) is -3.24. The van der Waals surface area contributed by atoms with Crippen LogP contribution >= 0.6 is 0 Å². The number of anilines is 1. The number of carbonyl (C=O) groups is 1. The fourth-order valence-electron chi connectivity index (χ4n) is 1.70. The molecule has 1 amide bonds. The highest BCUT2D eigenvalue weighted by Gasteiger charge is 2.16. The van der Waals surface area contributed by atoms with Crippen molar-refractivity contribution in [2.45, 2.75) is 25.2 Å². The smallest absolute Gasteiger partial charge is 0.216 e. The van der Waals surface area contributed by atoms with Crippen molar-refractivity contribution in [3.05, 3.63) is 24.3 Å². The molecule has 0 aliphatic heterocycles. The minimum absolute atomic E-state index is 0.103. The van der Waals surface area contributed by atoms with Gasteiger partial charge in [0.25, 0.3) is 0 Å². The Hall–Kier alpha value is -1.56. The molecule has 0 saturated carbocycles. The number of para-hydroxylation sites is 1. The predicted octanol–water partition coefficient (Wildman–Crippen LogP) is 1.42. The van der Waals surface area contributed by atoms with Crippen molar-refractivity contribution < 1.29 is 13.2 Å². The summed E-state index contributed by atoms with van der Waals surface area (Å²) in [6.45, 7) is 4.22. The number of nitrogens with one attached hydrogen (secondary N) is 2. The molecule has 0 spiro atoms. The largest absolute Gasteiger partial charge is 0.382 e. The van der Waals surface area contributed by atoms with Gasteiger partial charge in [-0.25, -0.2) is 8.42 Å². The molecule has 0 unspecified atom stereocenters. The van der Waals surface area contributed by atoms with Crippen molar-refractivity contribution in [1.29, 1.82) is 0 Å². The van der Waals surface area contributed by atoms with Crippen LogP contribution in [0.3, 0.4) is 0 Å². The Morgan fingerprint density at radius 2 is 1.89 bits per heavy atom. The summed E-state index contributed by atoms with van der Waals surface area (Å²) in [6, 6.07) is 6.83. The lowest BCUT2D eigenvalue weighted by molar-refractivity contribution is -0.118. The molecule has 106 valence electrons. The van der Waals surface area contributed by atoms with E-state index in [1.807, 2.05) is 6.92 Å². The number of benzene rings is 1. The van der Waals surface area contributed by atoms with E-state index in [1.165, 1.54) is 6.92 Å². The second-order valence-corrected chi connectivity index (χ2v) is 6.30. The molecule has 1 aromatic carbocycles. The van der Waals surface area contributed by atoms with Gasteiger partial charge in [0.05, 0.1) is 16.3 Å². The molecule has 2 N–H and O–H groups in total. The third-order valence-corrected chi connectivity index (χ3v) is 4.48. The first-order chi connectivity index (χ1) is 8.97. The summed E-state index contributed by atoms with van der Waals surface area (Å²) < 4.78 is 24.2. The van der Waals surface area contributed by atoms with Gasteiger partial charge in [-0.3, -0.25) is 4.79 Å². The molecule has 0 radical (unpaired) electrons. The molecule has 0 aromatic heterocycles. The summed E-state index contributed by atoms with van der Waals surface area (Å²) in [6.07, 6.45) is 0.586. The van der Waals surface area contributed by atoms with Crippen LogP contribution in [0.1, 0.15) is 20.3 Å². The number of carbonyl (C=O) groups excluding carboxylic acids is 1. The summed E-state index contributed by atoms with van der Waals surface area (Å²) >= 11 is 0. The molecule has 5 nitrogen and oxygen atoms in total. The fraction of sp³-hybridized carbons (Fsp3) is 0.462. The lowest BCUT2D eigenvalue weighted by atomic mass is 10.3. The van der Waals surface area contributed by atoms with Gasteiger partial charge in [-0.1, -0.05) is 19.1 Å². The molecule has 0 saturated heterocycles. The highest BCUT2D eigenvalue weighted by Crippen LogP contribution is 2.22.